The standard InChI is InChI=1S/C26H26O4Si/c1-26(2,3)31(23-10-6-4-7-11-23,24-12-8-5-9-13-24)30-22-16-14-20(15-17-25(28)29)21(18-22)19-27/h4-19H,1-3H3,(H,28,29). The lowest BCUT2D eigenvalue weighted by Gasteiger charge is -2.43. The minimum atomic E-state index is -2.81. The Bertz CT molecular complexity index is 1040. The fourth-order valence-electron chi connectivity index (χ4n) is 3.86. The van der Waals surface area contributed by atoms with Gasteiger partial charge in [0.15, 0.2) is 6.29 Å². The summed E-state index contributed by atoms with van der Waals surface area (Å²) in [5.41, 5.74) is 0.917. The third-order valence-corrected chi connectivity index (χ3v) is 10.2. The first-order chi connectivity index (χ1) is 14.8. The Labute approximate surface area is 184 Å². The number of carbonyl (C=O) groups is 2. The van der Waals surface area contributed by atoms with Crippen LogP contribution in [0.3, 0.4) is 0 Å². The number of hydrogen-bond acceptors (Lipinski definition) is 3. The molecule has 31 heavy (non-hydrogen) atoms. The lowest BCUT2D eigenvalue weighted by atomic mass is 10.1. The molecule has 0 atom stereocenters. The van der Waals surface area contributed by atoms with Crippen LogP contribution in [0.15, 0.2) is 84.9 Å². The van der Waals surface area contributed by atoms with Crippen LogP contribution >= 0.6 is 0 Å². The molecule has 0 aliphatic rings. The minimum Gasteiger partial charge on any atom is -0.534 e. The molecule has 3 aromatic carbocycles. The molecule has 0 aliphatic carbocycles. The van der Waals surface area contributed by atoms with Crippen molar-refractivity contribution in [3.63, 3.8) is 0 Å². The van der Waals surface area contributed by atoms with Crippen molar-refractivity contribution in [1.29, 1.82) is 0 Å². The average Bonchev–Trinajstić information content (AvgIpc) is 2.76. The van der Waals surface area contributed by atoms with E-state index >= 15 is 0 Å². The first kappa shape index (κ1) is 22.2. The molecule has 0 unspecified atom stereocenters. The Hall–Kier alpha value is -3.44. The van der Waals surface area contributed by atoms with Gasteiger partial charge in [0.05, 0.1) is 0 Å². The fourth-order valence-corrected chi connectivity index (χ4v) is 8.27. The number of aldehydes is 1. The predicted octanol–water partition coefficient (Wildman–Crippen LogP) is 4.54. The monoisotopic (exact) mass is 430 g/mol. The van der Waals surface area contributed by atoms with E-state index in [4.69, 9.17) is 9.53 Å². The van der Waals surface area contributed by atoms with Crippen LogP contribution in [0.1, 0.15) is 36.7 Å². The zero-order valence-corrected chi connectivity index (χ0v) is 18.9. The Morgan fingerprint density at radius 2 is 1.42 bits per heavy atom. The van der Waals surface area contributed by atoms with Gasteiger partial charge < -0.3 is 9.53 Å². The molecule has 0 fully saturated rings. The average molecular weight is 431 g/mol. The zero-order chi connectivity index (χ0) is 22.5. The van der Waals surface area contributed by atoms with Crippen LogP contribution in [0, 0.1) is 0 Å². The van der Waals surface area contributed by atoms with E-state index in [0.29, 0.717) is 16.9 Å². The number of carbonyl (C=O) groups excluding carboxylic acids is 1. The number of carboxylic acid groups (broad SMARTS) is 1. The summed E-state index contributed by atoms with van der Waals surface area (Å²) in [6.45, 7) is 6.55. The maximum atomic E-state index is 11.7. The first-order valence-electron chi connectivity index (χ1n) is 10.1. The number of benzene rings is 3. The number of aliphatic carboxylic acids is 1. The summed E-state index contributed by atoms with van der Waals surface area (Å²) in [6, 6.07) is 25.7. The van der Waals surface area contributed by atoms with E-state index in [2.05, 4.69) is 45.0 Å². The summed E-state index contributed by atoms with van der Waals surface area (Å²) in [6.07, 6.45) is 3.16. The van der Waals surface area contributed by atoms with Gasteiger partial charge in [-0.1, -0.05) is 87.5 Å². The van der Waals surface area contributed by atoms with Gasteiger partial charge in [0.1, 0.15) is 5.75 Å². The summed E-state index contributed by atoms with van der Waals surface area (Å²) in [5.74, 6) is -0.478. The molecule has 0 aromatic heterocycles. The van der Waals surface area contributed by atoms with Crippen LogP contribution in [0.5, 0.6) is 5.75 Å². The van der Waals surface area contributed by atoms with Crippen LogP contribution in [-0.4, -0.2) is 25.7 Å². The van der Waals surface area contributed by atoms with E-state index < -0.39 is 14.3 Å². The quantitative estimate of drug-likeness (QED) is 0.340. The Kier molecular flexibility index (Phi) is 6.56. The summed E-state index contributed by atoms with van der Waals surface area (Å²) in [7, 11) is -2.81. The summed E-state index contributed by atoms with van der Waals surface area (Å²) < 4.78 is 6.90. The second-order valence-corrected chi connectivity index (χ2v) is 12.6. The normalized spacial score (nSPS) is 12.0. The van der Waals surface area contributed by atoms with Gasteiger partial charge in [-0.3, -0.25) is 4.79 Å². The van der Waals surface area contributed by atoms with Gasteiger partial charge in [-0.15, -0.1) is 0 Å². The minimum absolute atomic E-state index is 0.209. The third-order valence-electron chi connectivity index (χ3n) is 5.28. The van der Waals surface area contributed by atoms with Crippen LogP contribution in [0.25, 0.3) is 6.08 Å². The van der Waals surface area contributed by atoms with Gasteiger partial charge in [-0.25, -0.2) is 4.79 Å². The topological polar surface area (TPSA) is 63.6 Å². The van der Waals surface area contributed by atoms with Crippen molar-refractivity contribution in [3.8, 4) is 5.75 Å². The second-order valence-electron chi connectivity index (χ2n) is 8.35. The molecule has 1 N–H and O–H groups in total. The molecule has 158 valence electrons. The maximum Gasteiger partial charge on any atom is 0.328 e. The van der Waals surface area contributed by atoms with Gasteiger partial charge in [0, 0.05) is 11.6 Å². The number of carboxylic acids is 1. The SMILES string of the molecule is CC(C)(C)[Si](Oc1ccc(C=CC(=O)O)c(C=O)c1)(c1ccccc1)c1ccccc1. The van der Waals surface area contributed by atoms with Gasteiger partial charge in [0.2, 0.25) is 0 Å². The molecule has 5 heteroatoms. The summed E-state index contributed by atoms with van der Waals surface area (Å²) >= 11 is 0. The molecule has 0 radical (unpaired) electrons. The highest BCUT2D eigenvalue weighted by atomic mass is 28.4. The molecule has 0 heterocycles. The molecular weight excluding hydrogens is 404 g/mol. The van der Waals surface area contributed by atoms with Crippen molar-refractivity contribution in [1.82, 2.24) is 0 Å². The molecule has 0 spiro atoms. The molecule has 0 saturated carbocycles. The van der Waals surface area contributed by atoms with Crippen molar-refractivity contribution in [3.05, 3.63) is 96.1 Å². The fraction of sp³-hybridized carbons (Fsp3) is 0.154. The molecule has 0 aliphatic heterocycles. The lowest BCUT2D eigenvalue weighted by molar-refractivity contribution is -0.131. The van der Waals surface area contributed by atoms with Crippen molar-refractivity contribution in [2.24, 2.45) is 0 Å². The molecule has 0 saturated heterocycles. The van der Waals surface area contributed by atoms with E-state index in [-0.39, 0.29) is 5.04 Å². The van der Waals surface area contributed by atoms with Crippen LogP contribution in [0.2, 0.25) is 5.04 Å². The highest BCUT2D eigenvalue weighted by molar-refractivity contribution is 7.00. The summed E-state index contributed by atoms with van der Waals surface area (Å²) in [5, 5.41) is 11.0. The largest absolute Gasteiger partial charge is 0.534 e. The van der Waals surface area contributed by atoms with Crippen molar-refractivity contribution in [2.75, 3.05) is 0 Å². The zero-order valence-electron chi connectivity index (χ0n) is 17.9. The van der Waals surface area contributed by atoms with Crippen molar-refractivity contribution in [2.45, 2.75) is 25.8 Å². The second kappa shape index (κ2) is 9.14. The molecule has 4 nitrogen and oxygen atoms in total. The van der Waals surface area contributed by atoms with Gasteiger partial charge in [-0.2, -0.15) is 0 Å². The summed E-state index contributed by atoms with van der Waals surface area (Å²) in [4.78, 5) is 22.6. The van der Waals surface area contributed by atoms with E-state index in [1.807, 2.05) is 36.4 Å². The lowest BCUT2D eigenvalue weighted by Crippen LogP contribution is -2.68. The van der Waals surface area contributed by atoms with Crippen LogP contribution in [-0.2, 0) is 4.79 Å². The van der Waals surface area contributed by atoms with Gasteiger partial charge in [0.25, 0.3) is 0 Å². The molecule has 3 aromatic rings. The van der Waals surface area contributed by atoms with Crippen molar-refractivity contribution >= 4 is 37.0 Å². The van der Waals surface area contributed by atoms with Crippen LogP contribution in [0.4, 0.5) is 0 Å². The predicted molar refractivity (Wildman–Crippen MR) is 127 cm³/mol. The molecule has 0 bridgehead atoms. The van der Waals surface area contributed by atoms with Gasteiger partial charge in [-0.05, 0) is 39.2 Å². The molecule has 3 rings (SSSR count). The number of rotatable bonds is 7. The van der Waals surface area contributed by atoms with Crippen molar-refractivity contribution < 1.29 is 19.1 Å². The molecule has 0 amide bonds. The van der Waals surface area contributed by atoms with Gasteiger partial charge >= 0.3 is 14.3 Å². The Morgan fingerprint density at radius 1 is 0.871 bits per heavy atom. The van der Waals surface area contributed by atoms with E-state index in [1.54, 1.807) is 18.2 Å². The Morgan fingerprint density at radius 3 is 1.87 bits per heavy atom. The Balaban J connectivity index is 2.18. The van der Waals surface area contributed by atoms with Crippen LogP contribution < -0.4 is 14.8 Å². The highest BCUT2D eigenvalue weighted by Crippen LogP contribution is 2.37. The van der Waals surface area contributed by atoms with E-state index in [0.717, 1.165) is 22.7 Å². The number of hydrogen-bond donors (Lipinski definition) is 1. The third kappa shape index (κ3) is 4.67. The first-order valence-corrected chi connectivity index (χ1v) is 12.0. The highest BCUT2D eigenvalue weighted by Gasteiger charge is 2.52. The smallest absolute Gasteiger partial charge is 0.328 e. The molecular formula is C26H26O4Si. The van der Waals surface area contributed by atoms with E-state index in [9.17, 15) is 9.59 Å². The maximum absolute atomic E-state index is 11.7. The van der Waals surface area contributed by atoms with E-state index in [1.165, 1.54) is 6.08 Å².